The molecule has 0 aliphatic heterocycles. The molecule has 1 aromatic carbocycles. The molecule has 1 N–H and O–H groups in total. The number of phenolic OH excluding ortho intramolecular Hbond substituents is 1. The zero-order valence-corrected chi connectivity index (χ0v) is 9.00. The van der Waals surface area contributed by atoms with E-state index < -0.39 is 0 Å². The molecule has 70 valence electrons. The van der Waals surface area contributed by atoms with E-state index in [-0.39, 0.29) is 5.75 Å². The molecule has 4 heteroatoms. The van der Waals surface area contributed by atoms with E-state index in [0.717, 1.165) is 11.3 Å². The number of rotatable bonds is 2. The van der Waals surface area contributed by atoms with Crippen LogP contribution >= 0.6 is 15.9 Å². The minimum atomic E-state index is 0.217. The molecule has 0 saturated heterocycles. The second-order valence-corrected chi connectivity index (χ2v) is 3.38. The molecule has 1 rings (SSSR count). The number of phenols is 1. The molecule has 13 heavy (non-hydrogen) atoms. The summed E-state index contributed by atoms with van der Waals surface area (Å²) in [5, 5.41) is 13.0. The molecule has 0 aromatic heterocycles. The van der Waals surface area contributed by atoms with Crippen molar-refractivity contribution in [2.45, 2.75) is 6.92 Å². The fourth-order valence-electron chi connectivity index (χ4n) is 0.922. The van der Waals surface area contributed by atoms with Gasteiger partial charge < -0.3 is 9.94 Å². The zero-order chi connectivity index (χ0) is 9.84. The van der Waals surface area contributed by atoms with E-state index >= 15 is 0 Å². The lowest BCUT2D eigenvalue weighted by atomic mass is 10.1. The predicted molar refractivity (Wildman–Crippen MR) is 55.0 cm³/mol. The Bertz CT molecular complexity index is 336. The largest absolute Gasteiger partial charge is 0.507 e. The van der Waals surface area contributed by atoms with Gasteiger partial charge in [0.15, 0.2) is 0 Å². The average molecular weight is 244 g/mol. The number of hydrogen-bond donors (Lipinski definition) is 1. The van der Waals surface area contributed by atoms with Crippen molar-refractivity contribution >= 4 is 21.6 Å². The van der Waals surface area contributed by atoms with Gasteiger partial charge in [-0.3, -0.25) is 0 Å². The van der Waals surface area contributed by atoms with E-state index in [1.807, 2.05) is 6.92 Å². The molecular weight excluding hydrogens is 234 g/mol. The molecule has 0 radical (unpaired) electrons. The Morgan fingerprint density at radius 2 is 2.23 bits per heavy atom. The number of nitrogens with zero attached hydrogens (tertiary/aromatic N) is 1. The van der Waals surface area contributed by atoms with Gasteiger partial charge in [-0.05, 0) is 41.1 Å². The fraction of sp³-hybridized carbons (Fsp3) is 0.222. The maximum atomic E-state index is 9.24. The Kier molecular flexibility index (Phi) is 3.31. The molecule has 0 aliphatic carbocycles. The normalized spacial score (nSPS) is 11.5. The summed E-state index contributed by atoms with van der Waals surface area (Å²) in [4.78, 5) is 4.64. The highest BCUT2D eigenvalue weighted by Gasteiger charge is 2.02. The van der Waals surface area contributed by atoms with Crippen molar-refractivity contribution < 1.29 is 9.94 Å². The van der Waals surface area contributed by atoms with Gasteiger partial charge in [-0.25, -0.2) is 0 Å². The monoisotopic (exact) mass is 243 g/mol. The number of oxime groups is 1. The second-order valence-electron chi connectivity index (χ2n) is 2.53. The summed E-state index contributed by atoms with van der Waals surface area (Å²) in [5.41, 5.74) is 1.68. The third kappa shape index (κ3) is 2.45. The summed E-state index contributed by atoms with van der Waals surface area (Å²) < 4.78 is 0.649. The first-order valence-corrected chi connectivity index (χ1v) is 4.51. The first kappa shape index (κ1) is 10.1. The van der Waals surface area contributed by atoms with Crippen molar-refractivity contribution in [1.29, 1.82) is 0 Å². The van der Waals surface area contributed by atoms with E-state index in [4.69, 9.17) is 0 Å². The van der Waals surface area contributed by atoms with Crippen LogP contribution in [-0.2, 0) is 4.84 Å². The van der Waals surface area contributed by atoms with Gasteiger partial charge in [0.2, 0.25) is 0 Å². The first-order valence-electron chi connectivity index (χ1n) is 3.72. The predicted octanol–water partition coefficient (Wildman–Crippen LogP) is 2.53. The first-order chi connectivity index (χ1) is 6.15. The van der Waals surface area contributed by atoms with Crippen LogP contribution in [0.3, 0.4) is 0 Å². The van der Waals surface area contributed by atoms with Crippen LogP contribution in [0.25, 0.3) is 0 Å². The van der Waals surface area contributed by atoms with Crippen LogP contribution in [0.4, 0.5) is 0 Å². The van der Waals surface area contributed by atoms with Gasteiger partial charge in [-0.15, -0.1) is 0 Å². The Morgan fingerprint density at radius 3 is 2.77 bits per heavy atom. The SMILES string of the molecule is CON=C(C)c1ccc(O)c(Br)c1. The van der Waals surface area contributed by atoms with Gasteiger partial charge in [0, 0.05) is 5.56 Å². The van der Waals surface area contributed by atoms with E-state index in [9.17, 15) is 5.11 Å². The Morgan fingerprint density at radius 1 is 1.54 bits per heavy atom. The minimum Gasteiger partial charge on any atom is -0.507 e. The number of aromatic hydroxyl groups is 1. The van der Waals surface area contributed by atoms with Crippen molar-refractivity contribution in [3.63, 3.8) is 0 Å². The van der Waals surface area contributed by atoms with Crippen LogP contribution < -0.4 is 0 Å². The summed E-state index contributed by atoms with van der Waals surface area (Å²) in [6.45, 7) is 1.84. The summed E-state index contributed by atoms with van der Waals surface area (Å²) in [6, 6.07) is 5.17. The quantitative estimate of drug-likeness (QED) is 0.641. The highest BCUT2D eigenvalue weighted by Crippen LogP contribution is 2.24. The third-order valence-corrected chi connectivity index (χ3v) is 2.23. The Balaban J connectivity index is 3.04. The molecule has 0 saturated carbocycles. The molecule has 0 amide bonds. The van der Waals surface area contributed by atoms with Crippen molar-refractivity contribution in [2.24, 2.45) is 5.16 Å². The molecule has 0 aliphatic rings. The lowest BCUT2D eigenvalue weighted by Crippen LogP contribution is -1.94. The van der Waals surface area contributed by atoms with Crippen LogP contribution in [0, 0.1) is 0 Å². The summed E-state index contributed by atoms with van der Waals surface area (Å²) in [7, 11) is 1.50. The van der Waals surface area contributed by atoms with Gasteiger partial charge in [0.05, 0.1) is 10.2 Å². The average Bonchev–Trinajstić information content (AvgIpc) is 2.10. The van der Waals surface area contributed by atoms with Gasteiger partial charge in [0.25, 0.3) is 0 Å². The number of benzene rings is 1. The topological polar surface area (TPSA) is 41.8 Å². The molecule has 3 nitrogen and oxygen atoms in total. The second kappa shape index (κ2) is 4.28. The smallest absolute Gasteiger partial charge is 0.129 e. The third-order valence-electron chi connectivity index (χ3n) is 1.59. The van der Waals surface area contributed by atoms with Crippen LogP contribution in [0.5, 0.6) is 5.75 Å². The van der Waals surface area contributed by atoms with E-state index in [0.29, 0.717) is 4.47 Å². The highest BCUT2D eigenvalue weighted by molar-refractivity contribution is 9.10. The van der Waals surface area contributed by atoms with Crippen molar-refractivity contribution in [3.8, 4) is 5.75 Å². The van der Waals surface area contributed by atoms with E-state index in [2.05, 4.69) is 25.9 Å². The minimum absolute atomic E-state index is 0.217. The fourth-order valence-corrected chi connectivity index (χ4v) is 1.30. The molecule has 0 heterocycles. The summed E-state index contributed by atoms with van der Waals surface area (Å²) in [6.07, 6.45) is 0. The molecule has 0 atom stereocenters. The lowest BCUT2D eigenvalue weighted by Gasteiger charge is -2.01. The van der Waals surface area contributed by atoms with Crippen LogP contribution in [0.2, 0.25) is 0 Å². The number of hydrogen-bond acceptors (Lipinski definition) is 3. The zero-order valence-electron chi connectivity index (χ0n) is 7.41. The van der Waals surface area contributed by atoms with Crippen molar-refractivity contribution in [2.75, 3.05) is 7.11 Å². The maximum absolute atomic E-state index is 9.24. The van der Waals surface area contributed by atoms with Crippen molar-refractivity contribution in [3.05, 3.63) is 28.2 Å². The van der Waals surface area contributed by atoms with Crippen LogP contribution in [0.15, 0.2) is 27.8 Å². The summed E-state index contributed by atoms with van der Waals surface area (Å²) in [5.74, 6) is 0.217. The molecule has 0 spiro atoms. The van der Waals surface area contributed by atoms with Gasteiger partial charge in [-0.2, -0.15) is 0 Å². The summed E-state index contributed by atoms with van der Waals surface area (Å²) >= 11 is 3.22. The van der Waals surface area contributed by atoms with E-state index in [1.165, 1.54) is 7.11 Å². The standard InChI is InChI=1S/C9H10BrNO2/c1-6(11-13-2)7-3-4-9(12)8(10)5-7/h3-5,12H,1-2H3. The van der Waals surface area contributed by atoms with Gasteiger partial charge >= 0.3 is 0 Å². The van der Waals surface area contributed by atoms with Gasteiger partial charge in [0.1, 0.15) is 12.9 Å². The molecule has 0 bridgehead atoms. The molecule has 0 fully saturated rings. The molecule has 1 aromatic rings. The van der Waals surface area contributed by atoms with Crippen LogP contribution in [-0.4, -0.2) is 17.9 Å². The van der Waals surface area contributed by atoms with Gasteiger partial charge in [-0.1, -0.05) is 5.16 Å². The van der Waals surface area contributed by atoms with Crippen molar-refractivity contribution in [1.82, 2.24) is 0 Å². The van der Waals surface area contributed by atoms with E-state index in [1.54, 1.807) is 18.2 Å². The lowest BCUT2D eigenvalue weighted by molar-refractivity contribution is 0.213. The maximum Gasteiger partial charge on any atom is 0.129 e. The molecule has 0 unspecified atom stereocenters. The van der Waals surface area contributed by atoms with Crippen LogP contribution in [0.1, 0.15) is 12.5 Å². The molecular formula is C9H10BrNO2. The highest BCUT2D eigenvalue weighted by atomic mass is 79.9. The number of halogens is 1. The Hall–Kier alpha value is -1.03. The Labute approximate surface area is 85.2 Å².